The van der Waals surface area contributed by atoms with Gasteiger partial charge < -0.3 is 14.7 Å². The number of hydrogen-bond donors (Lipinski definition) is 1. The molecule has 0 saturated heterocycles. The van der Waals surface area contributed by atoms with Gasteiger partial charge in [0.1, 0.15) is 13.1 Å². The third-order valence-corrected chi connectivity index (χ3v) is 1.95. The van der Waals surface area contributed by atoms with Gasteiger partial charge in [0.25, 0.3) is 0 Å². The van der Waals surface area contributed by atoms with E-state index in [-0.39, 0.29) is 17.9 Å². The predicted molar refractivity (Wildman–Crippen MR) is 63.7 cm³/mol. The highest BCUT2D eigenvalue weighted by molar-refractivity contribution is 5.72. The number of nitrogens with zero attached hydrogens (tertiary/aromatic N) is 3. The van der Waals surface area contributed by atoms with E-state index in [9.17, 15) is 18.0 Å². The highest BCUT2D eigenvalue weighted by Crippen LogP contribution is 2.20. The van der Waals surface area contributed by atoms with E-state index in [0.29, 0.717) is 4.90 Å². The van der Waals surface area contributed by atoms with Crippen LogP contribution in [0, 0.1) is 0 Å². The molecule has 20 heavy (non-hydrogen) atoms. The van der Waals surface area contributed by atoms with Gasteiger partial charge in [0.15, 0.2) is 0 Å². The van der Waals surface area contributed by atoms with Crippen LogP contribution in [0.25, 0.3) is 0 Å². The largest absolute Gasteiger partial charge is 0.480 e. The maximum absolute atomic E-state index is 12.4. The molecule has 0 amide bonds. The van der Waals surface area contributed by atoms with Crippen molar-refractivity contribution in [2.75, 3.05) is 18.0 Å². The van der Waals surface area contributed by atoms with E-state index in [1.807, 2.05) is 0 Å². The summed E-state index contributed by atoms with van der Waals surface area (Å²) in [5, 5.41) is 8.66. The lowest BCUT2D eigenvalue weighted by molar-refractivity contribution is -0.136. The zero-order chi connectivity index (χ0) is 15.3. The van der Waals surface area contributed by atoms with Gasteiger partial charge in [-0.05, 0) is 13.8 Å². The monoisotopic (exact) mass is 293 g/mol. The summed E-state index contributed by atoms with van der Waals surface area (Å²) in [6.07, 6.45) is -3.56. The molecule has 9 heteroatoms. The Morgan fingerprint density at radius 2 is 2.15 bits per heavy atom. The maximum atomic E-state index is 12.4. The second-order valence-electron chi connectivity index (χ2n) is 4.23. The molecule has 0 aromatic carbocycles. The first-order chi connectivity index (χ1) is 9.17. The van der Waals surface area contributed by atoms with Crippen LogP contribution in [0.5, 0.6) is 5.88 Å². The molecule has 0 fully saturated rings. The SMILES string of the molecule is CC(C)Oc1ccnc(N(CC(=O)O)CC(F)(F)F)n1. The Labute approximate surface area is 113 Å². The van der Waals surface area contributed by atoms with Crippen molar-refractivity contribution in [2.24, 2.45) is 0 Å². The molecule has 0 aliphatic carbocycles. The molecule has 1 heterocycles. The van der Waals surface area contributed by atoms with Crippen LogP contribution in [0.15, 0.2) is 12.3 Å². The van der Waals surface area contributed by atoms with Crippen molar-refractivity contribution in [3.8, 4) is 5.88 Å². The van der Waals surface area contributed by atoms with Gasteiger partial charge in [-0.1, -0.05) is 0 Å². The topological polar surface area (TPSA) is 75.5 Å². The van der Waals surface area contributed by atoms with E-state index in [4.69, 9.17) is 9.84 Å². The Balaban J connectivity index is 2.97. The second-order valence-corrected chi connectivity index (χ2v) is 4.23. The average molecular weight is 293 g/mol. The van der Waals surface area contributed by atoms with E-state index in [1.54, 1.807) is 13.8 Å². The molecule has 0 aliphatic rings. The van der Waals surface area contributed by atoms with E-state index in [0.717, 1.165) is 0 Å². The first kappa shape index (κ1) is 16.0. The van der Waals surface area contributed by atoms with Crippen LogP contribution in [0.2, 0.25) is 0 Å². The smallest absolute Gasteiger partial charge is 0.406 e. The lowest BCUT2D eigenvalue weighted by atomic mass is 10.4. The molecule has 1 rings (SSSR count). The van der Waals surface area contributed by atoms with E-state index < -0.39 is 25.2 Å². The number of rotatable bonds is 6. The molecule has 1 N–H and O–H groups in total. The van der Waals surface area contributed by atoms with Crippen molar-refractivity contribution in [3.05, 3.63) is 12.3 Å². The van der Waals surface area contributed by atoms with Crippen LogP contribution < -0.4 is 9.64 Å². The van der Waals surface area contributed by atoms with Crippen LogP contribution in [-0.4, -0.2) is 46.4 Å². The summed E-state index contributed by atoms with van der Waals surface area (Å²) >= 11 is 0. The molecule has 1 aromatic heterocycles. The van der Waals surface area contributed by atoms with Crippen molar-refractivity contribution < 1.29 is 27.8 Å². The molecular weight excluding hydrogens is 279 g/mol. The minimum atomic E-state index is -4.56. The number of carboxylic acid groups (broad SMARTS) is 1. The summed E-state index contributed by atoms with van der Waals surface area (Å²) in [4.78, 5) is 18.6. The lowest BCUT2D eigenvalue weighted by Crippen LogP contribution is -2.39. The third kappa shape index (κ3) is 5.72. The Hall–Kier alpha value is -2.06. The van der Waals surface area contributed by atoms with Gasteiger partial charge in [-0.3, -0.25) is 4.79 Å². The fourth-order valence-electron chi connectivity index (χ4n) is 1.37. The van der Waals surface area contributed by atoms with Crippen LogP contribution >= 0.6 is 0 Å². The molecule has 0 saturated carbocycles. The predicted octanol–water partition coefficient (Wildman–Crippen LogP) is 1.72. The summed E-state index contributed by atoms with van der Waals surface area (Å²) in [6.45, 7) is 1.15. The van der Waals surface area contributed by atoms with Crippen LogP contribution in [0.3, 0.4) is 0 Å². The molecule has 0 atom stereocenters. The number of ether oxygens (including phenoxy) is 1. The molecule has 0 unspecified atom stereocenters. The molecule has 0 bridgehead atoms. The Morgan fingerprint density at radius 3 is 2.65 bits per heavy atom. The molecule has 112 valence electrons. The fourth-order valence-corrected chi connectivity index (χ4v) is 1.37. The number of anilines is 1. The van der Waals surface area contributed by atoms with Crippen molar-refractivity contribution in [2.45, 2.75) is 26.1 Å². The zero-order valence-electron chi connectivity index (χ0n) is 10.9. The maximum Gasteiger partial charge on any atom is 0.406 e. The first-order valence-electron chi connectivity index (χ1n) is 5.70. The molecule has 0 aliphatic heterocycles. The van der Waals surface area contributed by atoms with E-state index >= 15 is 0 Å². The molecule has 0 spiro atoms. The van der Waals surface area contributed by atoms with Crippen LogP contribution in [0.1, 0.15) is 13.8 Å². The Kier molecular flexibility index (Phi) is 5.12. The van der Waals surface area contributed by atoms with Gasteiger partial charge in [0, 0.05) is 12.3 Å². The number of halogens is 3. The van der Waals surface area contributed by atoms with Gasteiger partial charge in [0.2, 0.25) is 11.8 Å². The number of aliphatic carboxylic acids is 1. The van der Waals surface area contributed by atoms with Gasteiger partial charge in [-0.25, -0.2) is 4.98 Å². The minimum Gasteiger partial charge on any atom is -0.480 e. The van der Waals surface area contributed by atoms with Crippen molar-refractivity contribution >= 4 is 11.9 Å². The number of carbonyl (C=O) groups is 1. The molecular formula is C11H14F3N3O3. The van der Waals surface area contributed by atoms with Gasteiger partial charge in [-0.2, -0.15) is 18.2 Å². The Bertz CT molecular complexity index is 466. The van der Waals surface area contributed by atoms with E-state index in [1.165, 1.54) is 12.3 Å². The minimum absolute atomic E-state index is 0.0857. The molecule has 0 radical (unpaired) electrons. The fraction of sp³-hybridized carbons (Fsp3) is 0.545. The summed E-state index contributed by atoms with van der Waals surface area (Å²) in [7, 11) is 0. The second kappa shape index (κ2) is 6.40. The van der Waals surface area contributed by atoms with E-state index in [2.05, 4.69) is 9.97 Å². The number of hydrogen-bond acceptors (Lipinski definition) is 5. The zero-order valence-corrected chi connectivity index (χ0v) is 10.9. The van der Waals surface area contributed by atoms with Gasteiger partial charge in [-0.15, -0.1) is 0 Å². The summed E-state index contributed by atoms with van der Waals surface area (Å²) in [6, 6.07) is 1.38. The number of aromatic nitrogens is 2. The Morgan fingerprint density at radius 1 is 1.50 bits per heavy atom. The van der Waals surface area contributed by atoms with Crippen LogP contribution in [-0.2, 0) is 4.79 Å². The lowest BCUT2D eigenvalue weighted by Gasteiger charge is -2.22. The third-order valence-electron chi connectivity index (χ3n) is 1.95. The van der Waals surface area contributed by atoms with Crippen molar-refractivity contribution in [1.82, 2.24) is 9.97 Å². The summed E-state index contributed by atoms with van der Waals surface area (Å²) < 4.78 is 42.5. The average Bonchev–Trinajstić information content (AvgIpc) is 2.25. The molecule has 1 aromatic rings. The number of carboxylic acids is 1. The quantitative estimate of drug-likeness (QED) is 0.860. The standard InChI is InChI=1S/C11H14F3N3O3/c1-7(2)20-8-3-4-15-10(16-8)17(5-9(18)19)6-11(12,13)14/h3-4,7H,5-6H2,1-2H3,(H,18,19). The highest BCUT2D eigenvalue weighted by atomic mass is 19.4. The van der Waals surface area contributed by atoms with Gasteiger partial charge >= 0.3 is 12.1 Å². The van der Waals surface area contributed by atoms with Gasteiger partial charge in [0.05, 0.1) is 6.10 Å². The number of alkyl halides is 3. The van der Waals surface area contributed by atoms with Crippen LogP contribution in [0.4, 0.5) is 19.1 Å². The van der Waals surface area contributed by atoms with Crippen molar-refractivity contribution in [3.63, 3.8) is 0 Å². The first-order valence-corrected chi connectivity index (χ1v) is 5.70. The molecule has 6 nitrogen and oxygen atoms in total. The summed E-state index contributed by atoms with van der Waals surface area (Å²) in [5.41, 5.74) is 0. The van der Waals surface area contributed by atoms with Crippen molar-refractivity contribution in [1.29, 1.82) is 0 Å². The highest BCUT2D eigenvalue weighted by Gasteiger charge is 2.33. The normalized spacial score (nSPS) is 11.5. The summed E-state index contributed by atoms with van der Waals surface area (Å²) in [5.74, 6) is -1.67.